The first kappa shape index (κ1) is 20.4. The van der Waals surface area contributed by atoms with Crippen molar-refractivity contribution in [1.82, 2.24) is 9.88 Å². The van der Waals surface area contributed by atoms with Crippen LogP contribution in [0, 0.1) is 20.8 Å². The Kier molecular flexibility index (Phi) is 5.74. The number of fused-ring (bicyclic) bond motifs is 1. The molecule has 2 aromatic carbocycles. The summed E-state index contributed by atoms with van der Waals surface area (Å²) in [7, 11) is 1.93. The van der Waals surface area contributed by atoms with Crippen LogP contribution in [0.15, 0.2) is 35.7 Å². The summed E-state index contributed by atoms with van der Waals surface area (Å²) in [5.74, 6) is 1.48. The Labute approximate surface area is 180 Å². The lowest BCUT2D eigenvalue weighted by Crippen LogP contribution is -2.30. The standard InChI is InChI=1S/C23H25N3O3S/c1-14-7-15(2)23(16(3)8-14)25-21(27)10-26(4)11-22-24-18(12-30-22)17-5-6-19-20(9-17)29-13-28-19/h5-9,12H,10-11,13H2,1-4H3,(H,25,27). The van der Waals surface area contributed by atoms with Gasteiger partial charge in [0.05, 0.1) is 18.8 Å². The van der Waals surface area contributed by atoms with Gasteiger partial charge in [-0.05, 0) is 57.1 Å². The van der Waals surface area contributed by atoms with Crippen LogP contribution in [-0.4, -0.2) is 36.2 Å². The summed E-state index contributed by atoms with van der Waals surface area (Å²) in [6.07, 6.45) is 0. The van der Waals surface area contributed by atoms with Crippen molar-refractivity contribution in [2.45, 2.75) is 27.3 Å². The van der Waals surface area contributed by atoms with Crippen LogP contribution in [-0.2, 0) is 11.3 Å². The Bertz CT molecular complexity index is 1070. The molecule has 30 heavy (non-hydrogen) atoms. The van der Waals surface area contributed by atoms with E-state index < -0.39 is 0 Å². The quantitative estimate of drug-likeness (QED) is 0.631. The highest BCUT2D eigenvalue weighted by Crippen LogP contribution is 2.36. The highest BCUT2D eigenvalue weighted by atomic mass is 32.1. The van der Waals surface area contributed by atoms with Gasteiger partial charge in [-0.15, -0.1) is 11.3 Å². The monoisotopic (exact) mass is 423 g/mol. The lowest BCUT2D eigenvalue weighted by Gasteiger charge is -2.17. The van der Waals surface area contributed by atoms with E-state index in [2.05, 4.69) is 24.4 Å². The third kappa shape index (κ3) is 4.47. The fraction of sp³-hybridized carbons (Fsp3) is 0.304. The van der Waals surface area contributed by atoms with Crippen LogP contribution in [0.5, 0.6) is 11.5 Å². The molecule has 0 spiro atoms. The largest absolute Gasteiger partial charge is 0.454 e. The molecule has 1 aromatic heterocycles. The van der Waals surface area contributed by atoms with E-state index in [9.17, 15) is 4.79 Å². The lowest BCUT2D eigenvalue weighted by molar-refractivity contribution is -0.117. The Morgan fingerprint density at radius 1 is 1.13 bits per heavy atom. The number of carbonyl (C=O) groups excluding carboxylic acids is 1. The molecule has 0 unspecified atom stereocenters. The van der Waals surface area contributed by atoms with Crippen LogP contribution in [0.2, 0.25) is 0 Å². The SMILES string of the molecule is Cc1cc(C)c(NC(=O)CN(C)Cc2nc(-c3ccc4c(c3)OCO4)cs2)c(C)c1. The summed E-state index contributed by atoms with van der Waals surface area (Å²) in [5.41, 5.74) is 6.15. The van der Waals surface area contributed by atoms with Gasteiger partial charge in [0.15, 0.2) is 11.5 Å². The minimum atomic E-state index is -0.0277. The average Bonchev–Trinajstić information content (AvgIpc) is 3.33. The van der Waals surface area contributed by atoms with Crippen LogP contribution < -0.4 is 14.8 Å². The number of nitrogens with one attached hydrogen (secondary N) is 1. The first-order chi connectivity index (χ1) is 14.4. The van der Waals surface area contributed by atoms with Crippen molar-refractivity contribution < 1.29 is 14.3 Å². The molecule has 0 atom stereocenters. The fourth-order valence-electron chi connectivity index (χ4n) is 3.66. The van der Waals surface area contributed by atoms with Crippen molar-refractivity contribution in [2.24, 2.45) is 0 Å². The molecule has 6 nitrogen and oxygen atoms in total. The van der Waals surface area contributed by atoms with Gasteiger partial charge in [0.2, 0.25) is 12.7 Å². The summed E-state index contributed by atoms with van der Waals surface area (Å²) >= 11 is 1.59. The first-order valence-corrected chi connectivity index (χ1v) is 10.7. The Balaban J connectivity index is 1.37. The van der Waals surface area contributed by atoms with Gasteiger partial charge in [-0.3, -0.25) is 9.69 Å². The van der Waals surface area contributed by atoms with E-state index in [0.717, 1.165) is 44.6 Å². The molecular weight excluding hydrogens is 398 g/mol. The van der Waals surface area contributed by atoms with Crippen LogP contribution in [0.1, 0.15) is 21.7 Å². The Morgan fingerprint density at radius 2 is 1.87 bits per heavy atom. The highest BCUT2D eigenvalue weighted by Gasteiger charge is 2.16. The van der Waals surface area contributed by atoms with Crippen molar-refractivity contribution >= 4 is 22.9 Å². The van der Waals surface area contributed by atoms with E-state index in [4.69, 9.17) is 14.5 Å². The van der Waals surface area contributed by atoms with Gasteiger partial charge in [-0.1, -0.05) is 17.7 Å². The second-order valence-corrected chi connectivity index (χ2v) is 8.63. The van der Waals surface area contributed by atoms with Gasteiger partial charge < -0.3 is 14.8 Å². The summed E-state index contributed by atoms with van der Waals surface area (Å²) in [6, 6.07) is 10.0. The summed E-state index contributed by atoms with van der Waals surface area (Å²) in [4.78, 5) is 19.2. The second-order valence-electron chi connectivity index (χ2n) is 7.69. The second kappa shape index (κ2) is 8.45. The fourth-order valence-corrected chi connectivity index (χ4v) is 4.54. The molecule has 7 heteroatoms. The van der Waals surface area contributed by atoms with Crippen molar-refractivity contribution in [2.75, 3.05) is 25.7 Å². The summed E-state index contributed by atoms with van der Waals surface area (Å²) in [6.45, 7) is 7.26. The molecule has 2 heterocycles. The maximum Gasteiger partial charge on any atom is 0.238 e. The minimum Gasteiger partial charge on any atom is -0.454 e. The van der Waals surface area contributed by atoms with Gasteiger partial charge in [0.25, 0.3) is 0 Å². The van der Waals surface area contributed by atoms with E-state index in [1.54, 1.807) is 11.3 Å². The number of likely N-dealkylation sites (N-methyl/N-ethyl adjacent to an activating group) is 1. The molecule has 1 N–H and O–H groups in total. The molecule has 0 saturated heterocycles. The normalized spacial score (nSPS) is 12.4. The van der Waals surface area contributed by atoms with Crippen LogP contribution in [0.3, 0.4) is 0 Å². The van der Waals surface area contributed by atoms with Crippen molar-refractivity contribution in [3.05, 3.63) is 57.4 Å². The van der Waals surface area contributed by atoms with Crippen molar-refractivity contribution in [1.29, 1.82) is 0 Å². The zero-order valence-corrected chi connectivity index (χ0v) is 18.4. The number of anilines is 1. The number of thiazole rings is 1. The third-order valence-electron chi connectivity index (χ3n) is 4.98. The topological polar surface area (TPSA) is 63.7 Å². The molecule has 0 aliphatic carbocycles. The number of hydrogen-bond acceptors (Lipinski definition) is 6. The number of hydrogen-bond donors (Lipinski definition) is 1. The zero-order valence-electron chi connectivity index (χ0n) is 17.6. The average molecular weight is 424 g/mol. The molecule has 156 valence electrons. The molecule has 1 aliphatic rings. The summed E-state index contributed by atoms with van der Waals surface area (Å²) in [5, 5.41) is 6.04. The zero-order chi connectivity index (χ0) is 21.3. The van der Waals surface area contributed by atoms with Crippen LogP contribution in [0.25, 0.3) is 11.3 Å². The number of carbonyl (C=O) groups is 1. The number of ether oxygens (including phenoxy) is 2. The molecule has 1 aliphatic heterocycles. The smallest absolute Gasteiger partial charge is 0.238 e. The minimum absolute atomic E-state index is 0.0277. The molecule has 4 rings (SSSR count). The van der Waals surface area contributed by atoms with E-state index >= 15 is 0 Å². The van der Waals surface area contributed by atoms with Gasteiger partial charge in [-0.2, -0.15) is 0 Å². The molecular formula is C23H25N3O3S. The van der Waals surface area contributed by atoms with Crippen molar-refractivity contribution in [3.8, 4) is 22.8 Å². The predicted molar refractivity (Wildman–Crippen MR) is 119 cm³/mol. The number of rotatable bonds is 6. The van der Waals surface area contributed by atoms with E-state index in [0.29, 0.717) is 13.1 Å². The third-order valence-corrected chi connectivity index (χ3v) is 5.81. The number of aromatic nitrogens is 1. The van der Waals surface area contributed by atoms with Gasteiger partial charge in [0, 0.05) is 16.6 Å². The highest BCUT2D eigenvalue weighted by molar-refractivity contribution is 7.09. The molecule has 0 fully saturated rings. The first-order valence-electron chi connectivity index (χ1n) is 9.79. The maximum atomic E-state index is 12.5. The van der Waals surface area contributed by atoms with E-state index in [1.165, 1.54) is 5.56 Å². The van der Waals surface area contributed by atoms with Gasteiger partial charge in [0.1, 0.15) is 5.01 Å². The van der Waals surface area contributed by atoms with Gasteiger partial charge in [-0.25, -0.2) is 4.98 Å². The van der Waals surface area contributed by atoms with E-state index in [1.807, 2.05) is 49.4 Å². The van der Waals surface area contributed by atoms with Crippen molar-refractivity contribution in [3.63, 3.8) is 0 Å². The molecule has 0 bridgehead atoms. The lowest BCUT2D eigenvalue weighted by atomic mass is 10.1. The molecule has 0 saturated carbocycles. The number of aryl methyl sites for hydroxylation is 3. The Hall–Kier alpha value is -2.90. The molecule has 3 aromatic rings. The molecule has 1 amide bonds. The van der Waals surface area contributed by atoms with Crippen LogP contribution >= 0.6 is 11.3 Å². The van der Waals surface area contributed by atoms with E-state index in [-0.39, 0.29) is 12.7 Å². The maximum absolute atomic E-state index is 12.5. The summed E-state index contributed by atoms with van der Waals surface area (Å²) < 4.78 is 10.8. The van der Waals surface area contributed by atoms with Gasteiger partial charge >= 0.3 is 0 Å². The predicted octanol–water partition coefficient (Wildman–Crippen LogP) is 4.53. The Morgan fingerprint density at radius 3 is 2.63 bits per heavy atom. The van der Waals surface area contributed by atoms with Crippen LogP contribution in [0.4, 0.5) is 5.69 Å². The molecule has 0 radical (unpaired) electrons. The number of nitrogens with zero attached hydrogens (tertiary/aromatic N) is 2. The number of amides is 1. The number of benzene rings is 2.